The number of hydrogen-bond donors (Lipinski definition) is 1. The van der Waals surface area contributed by atoms with E-state index in [0.29, 0.717) is 22.9 Å². The molecule has 0 radical (unpaired) electrons. The minimum Gasteiger partial charge on any atom is -0.497 e. The molecule has 1 N–H and O–H groups in total. The van der Waals surface area contributed by atoms with Crippen LogP contribution in [0.15, 0.2) is 52.9 Å². The Morgan fingerprint density at radius 3 is 2.75 bits per heavy atom. The highest BCUT2D eigenvalue weighted by atomic mass is 35.5. The lowest BCUT2D eigenvalue weighted by Gasteiger charge is -2.02. The second kappa shape index (κ2) is 7.14. The van der Waals surface area contributed by atoms with Crippen LogP contribution in [0.25, 0.3) is 11.5 Å². The molecule has 0 aliphatic heterocycles. The number of nitrogens with zero attached hydrogens (tertiary/aromatic N) is 2. The molecule has 0 bridgehead atoms. The normalized spacial score (nSPS) is 10.4. The Hall–Kier alpha value is -2.86. The Kier molecular flexibility index (Phi) is 4.77. The molecular formula is C17H14ClN3O3. The summed E-state index contributed by atoms with van der Waals surface area (Å²) in [5.74, 6) is 0.387. The molecule has 3 rings (SSSR count). The highest BCUT2D eigenvalue weighted by Crippen LogP contribution is 2.22. The molecule has 24 heavy (non-hydrogen) atoms. The average Bonchev–Trinajstić information content (AvgIpc) is 3.11. The zero-order chi connectivity index (χ0) is 16.9. The lowest BCUT2D eigenvalue weighted by atomic mass is 10.2. The van der Waals surface area contributed by atoms with Crippen LogP contribution in [0.3, 0.4) is 0 Å². The van der Waals surface area contributed by atoms with Crippen LogP contribution >= 0.6 is 11.6 Å². The monoisotopic (exact) mass is 343 g/mol. The van der Waals surface area contributed by atoms with Gasteiger partial charge in [0.05, 0.1) is 7.11 Å². The molecule has 0 aliphatic carbocycles. The number of methoxy groups -OCH3 is 1. The van der Waals surface area contributed by atoms with E-state index in [1.807, 2.05) is 12.1 Å². The van der Waals surface area contributed by atoms with E-state index in [0.717, 1.165) is 5.56 Å². The molecule has 1 aromatic heterocycles. The van der Waals surface area contributed by atoms with Gasteiger partial charge < -0.3 is 14.5 Å². The van der Waals surface area contributed by atoms with E-state index < -0.39 is 5.91 Å². The summed E-state index contributed by atoms with van der Waals surface area (Å²) in [5, 5.41) is 11.0. The van der Waals surface area contributed by atoms with Crippen molar-refractivity contribution >= 4 is 17.5 Å². The molecule has 0 spiro atoms. The number of amides is 1. The molecule has 7 heteroatoms. The fraction of sp³-hybridized carbons (Fsp3) is 0.118. The average molecular weight is 344 g/mol. The SMILES string of the molecule is COc1cccc(-c2nnc(C(=O)NCc3ccc(Cl)cc3)o2)c1. The lowest BCUT2D eigenvalue weighted by molar-refractivity contribution is 0.0917. The predicted octanol–water partition coefficient (Wildman–Crippen LogP) is 3.33. The van der Waals surface area contributed by atoms with Gasteiger partial charge in [-0.05, 0) is 35.9 Å². The second-order valence-corrected chi connectivity index (χ2v) is 5.39. The molecule has 0 atom stereocenters. The third-order valence-electron chi connectivity index (χ3n) is 3.30. The Bertz CT molecular complexity index is 846. The maximum Gasteiger partial charge on any atom is 0.309 e. The molecule has 0 aliphatic rings. The van der Waals surface area contributed by atoms with Gasteiger partial charge in [-0.1, -0.05) is 29.8 Å². The number of halogens is 1. The number of rotatable bonds is 5. The summed E-state index contributed by atoms with van der Waals surface area (Å²) in [6.07, 6.45) is 0. The number of hydrogen-bond acceptors (Lipinski definition) is 5. The fourth-order valence-corrected chi connectivity index (χ4v) is 2.17. The van der Waals surface area contributed by atoms with E-state index in [-0.39, 0.29) is 11.8 Å². The third kappa shape index (κ3) is 3.72. The number of ether oxygens (including phenoxy) is 1. The van der Waals surface area contributed by atoms with Gasteiger partial charge in [0.15, 0.2) is 0 Å². The quantitative estimate of drug-likeness (QED) is 0.768. The first-order valence-electron chi connectivity index (χ1n) is 7.16. The fourth-order valence-electron chi connectivity index (χ4n) is 2.05. The summed E-state index contributed by atoms with van der Waals surface area (Å²) < 4.78 is 10.6. The van der Waals surface area contributed by atoms with Crippen LogP contribution in [0.1, 0.15) is 16.2 Å². The molecule has 6 nitrogen and oxygen atoms in total. The van der Waals surface area contributed by atoms with Gasteiger partial charge in [0, 0.05) is 17.1 Å². The minimum absolute atomic E-state index is 0.0956. The standard InChI is InChI=1S/C17H14ClN3O3/c1-23-14-4-2-3-12(9-14)16-20-21-17(24-16)15(22)19-10-11-5-7-13(18)8-6-11/h2-9H,10H2,1H3,(H,19,22). The molecular weight excluding hydrogens is 330 g/mol. The van der Waals surface area contributed by atoms with Crippen LogP contribution in [0.5, 0.6) is 5.75 Å². The maximum absolute atomic E-state index is 12.1. The van der Waals surface area contributed by atoms with Crippen molar-refractivity contribution in [1.29, 1.82) is 0 Å². The highest BCUT2D eigenvalue weighted by Gasteiger charge is 2.16. The smallest absolute Gasteiger partial charge is 0.309 e. The molecule has 1 amide bonds. The lowest BCUT2D eigenvalue weighted by Crippen LogP contribution is -2.23. The van der Waals surface area contributed by atoms with E-state index in [1.165, 1.54) is 0 Å². The molecule has 122 valence electrons. The van der Waals surface area contributed by atoms with Gasteiger partial charge >= 0.3 is 11.8 Å². The predicted molar refractivity (Wildman–Crippen MR) is 88.9 cm³/mol. The highest BCUT2D eigenvalue weighted by molar-refractivity contribution is 6.30. The number of carbonyl (C=O) groups is 1. The van der Waals surface area contributed by atoms with E-state index in [2.05, 4.69) is 15.5 Å². The van der Waals surface area contributed by atoms with Crippen molar-refractivity contribution in [2.75, 3.05) is 7.11 Å². The molecule has 0 saturated heterocycles. The van der Waals surface area contributed by atoms with Crippen molar-refractivity contribution in [2.24, 2.45) is 0 Å². The zero-order valence-electron chi connectivity index (χ0n) is 12.8. The second-order valence-electron chi connectivity index (χ2n) is 4.95. The Labute approximate surface area is 143 Å². The van der Waals surface area contributed by atoms with E-state index >= 15 is 0 Å². The summed E-state index contributed by atoms with van der Waals surface area (Å²) in [5.41, 5.74) is 1.60. The summed E-state index contributed by atoms with van der Waals surface area (Å²) in [6, 6.07) is 14.3. The van der Waals surface area contributed by atoms with Crippen LogP contribution in [-0.2, 0) is 6.54 Å². The third-order valence-corrected chi connectivity index (χ3v) is 3.55. The summed E-state index contributed by atoms with van der Waals surface area (Å²) in [4.78, 5) is 12.1. The van der Waals surface area contributed by atoms with Crippen LogP contribution < -0.4 is 10.1 Å². The van der Waals surface area contributed by atoms with Crippen LogP contribution in [-0.4, -0.2) is 23.2 Å². The summed E-state index contributed by atoms with van der Waals surface area (Å²) in [6.45, 7) is 0.340. The number of benzene rings is 2. The van der Waals surface area contributed by atoms with Crippen molar-refractivity contribution in [2.45, 2.75) is 6.54 Å². The first-order valence-corrected chi connectivity index (χ1v) is 7.54. The topological polar surface area (TPSA) is 77.2 Å². The van der Waals surface area contributed by atoms with Gasteiger partial charge in [-0.2, -0.15) is 0 Å². The minimum atomic E-state index is -0.438. The van der Waals surface area contributed by atoms with Crippen molar-refractivity contribution in [3.63, 3.8) is 0 Å². The summed E-state index contributed by atoms with van der Waals surface area (Å²) in [7, 11) is 1.57. The largest absolute Gasteiger partial charge is 0.497 e. The zero-order valence-corrected chi connectivity index (χ0v) is 13.6. The molecule has 0 unspecified atom stereocenters. The number of aromatic nitrogens is 2. The van der Waals surface area contributed by atoms with Gasteiger partial charge in [0.2, 0.25) is 5.89 Å². The van der Waals surface area contributed by atoms with Gasteiger partial charge in [-0.3, -0.25) is 4.79 Å². The van der Waals surface area contributed by atoms with Gasteiger partial charge in [-0.15, -0.1) is 10.2 Å². The van der Waals surface area contributed by atoms with Crippen molar-refractivity contribution in [1.82, 2.24) is 15.5 Å². The van der Waals surface area contributed by atoms with Crippen LogP contribution in [0, 0.1) is 0 Å². The number of carbonyl (C=O) groups excluding carboxylic acids is 1. The van der Waals surface area contributed by atoms with Crippen molar-refractivity contribution in [3.05, 3.63) is 65.0 Å². The van der Waals surface area contributed by atoms with Crippen molar-refractivity contribution < 1.29 is 13.9 Å². The Morgan fingerprint density at radius 1 is 1.21 bits per heavy atom. The van der Waals surface area contributed by atoms with Crippen LogP contribution in [0.2, 0.25) is 5.02 Å². The molecule has 3 aromatic rings. The first kappa shape index (κ1) is 16.0. The van der Waals surface area contributed by atoms with Crippen molar-refractivity contribution in [3.8, 4) is 17.2 Å². The van der Waals surface area contributed by atoms with Crippen LogP contribution in [0.4, 0.5) is 0 Å². The van der Waals surface area contributed by atoms with E-state index in [1.54, 1.807) is 43.5 Å². The van der Waals surface area contributed by atoms with E-state index in [4.69, 9.17) is 20.8 Å². The van der Waals surface area contributed by atoms with Gasteiger partial charge in [0.1, 0.15) is 5.75 Å². The molecule has 0 saturated carbocycles. The first-order chi connectivity index (χ1) is 11.7. The maximum atomic E-state index is 12.1. The molecule has 2 aromatic carbocycles. The Balaban J connectivity index is 1.68. The molecule has 0 fully saturated rings. The van der Waals surface area contributed by atoms with Gasteiger partial charge in [-0.25, -0.2) is 0 Å². The molecule has 1 heterocycles. The van der Waals surface area contributed by atoms with Gasteiger partial charge in [0.25, 0.3) is 0 Å². The summed E-state index contributed by atoms with van der Waals surface area (Å²) >= 11 is 5.82. The number of nitrogens with one attached hydrogen (secondary N) is 1. The Morgan fingerprint density at radius 2 is 2.00 bits per heavy atom. The van der Waals surface area contributed by atoms with E-state index in [9.17, 15) is 4.79 Å².